The highest BCUT2D eigenvalue weighted by Gasteiger charge is 2.65. The first-order valence-corrected chi connectivity index (χ1v) is 12.6. The number of nitrogens with zero attached hydrogens (tertiary/aromatic N) is 1. The SMILES string of the molecule is COc1ccc2c3c1O[C@H]1[C@@H](OC(=O)CCC(=O)NC(C(=O)O)C(C)C)C=CC4[C@@H](C2)N(C)CC[C@@]341. The lowest BCUT2D eigenvalue weighted by Gasteiger charge is -2.56. The first-order valence-electron chi connectivity index (χ1n) is 12.6. The minimum atomic E-state index is -1.10. The van der Waals surface area contributed by atoms with Gasteiger partial charge < -0.3 is 29.5 Å². The molecule has 6 atom stereocenters. The molecule has 1 fully saturated rings. The molecule has 5 rings (SSSR count). The lowest BCUT2D eigenvalue weighted by atomic mass is 9.53. The summed E-state index contributed by atoms with van der Waals surface area (Å²) in [5, 5.41) is 11.8. The Morgan fingerprint density at radius 3 is 2.72 bits per heavy atom. The molecule has 0 radical (unpaired) electrons. The van der Waals surface area contributed by atoms with Crippen LogP contribution in [0.15, 0.2) is 24.3 Å². The van der Waals surface area contributed by atoms with E-state index in [4.69, 9.17) is 14.2 Å². The molecular formula is C27H34N2O7. The molecule has 2 unspecified atom stereocenters. The van der Waals surface area contributed by atoms with Gasteiger partial charge in [0.25, 0.3) is 0 Å². The van der Waals surface area contributed by atoms with Gasteiger partial charge in [0.1, 0.15) is 12.1 Å². The molecule has 1 saturated heterocycles. The monoisotopic (exact) mass is 498 g/mol. The van der Waals surface area contributed by atoms with Crippen molar-refractivity contribution in [1.82, 2.24) is 10.2 Å². The Morgan fingerprint density at radius 1 is 1.25 bits per heavy atom. The molecule has 2 heterocycles. The van der Waals surface area contributed by atoms with Crippen LogP contribution in [0.1, 0.15) is 44.2 Å². The average Bonchev–Trinajstić information content (AvgIpc) is 3.19. The number of nitrogens with one attached hydrogen (secondary N) is 1. The predicted octanol–water partition coefficient (Wildman–Crippen LogP) is 2.06. The second kappa shape index (κ2) is 9.10. The molecule has 1 spiro atoms. The van der Waals surface area contributed by atoms with Crippen molar-refractivity contribution in [3.05, 3.63) is 35.4 Å². The molecule has 1 amide bonds. The number of amides is 1. The van der Waals surface area contributed by atoms with Crippen LogP contribution in [0.5, 0.6) is 11.5 Å². The molecule has 1 aromatic carbocycles. The normalized spacial score (nSPS) is 30.2. The van der Waals surface area contributed by atoms with Gasteiger partial charge in [0.15, 0.2) is 17.6 Å². The van der Waals surface area contributed by atoms with Gasteiger partial charge in [-0.1, -0.05) is 26.0 Å². The Kier molecular flexibility index (Phi) is 6.22. The van der Waals surface area contributed by atoms with Crippen LogP contribution in [-0.4, -0.2) is 72.8 Å². The van der Waals surface area contributed by atoms with Crippen molar-refractivity contribution in [3.8, 4) is 11.5 Å². The van der Waals surface area contributed by atoms with Crippen LogP contribution in [0.2, 0.25) is 0 Å². The zero-order valence-electron chi connectivity index (χ0n) is 21.2. The maximum atomic E-state index is 12.8. The number of benzene rings is 1. The maximum Gasteiger partial charge on any atom is 0.326 e. The fraction of sp³-hybridized carbons (Fsp3) is 0.593. The fourth-order valence-corrected chi connectivity index (χ4v) is 6.66. The second-order valence-corrected chi connectivity index (χ2v) is 10.7. The van der Waals surface area contributed by atoms with Crippen LogP contribution in [0.25, 0.3) is 0 Å². The van der Waals surface area contributed by atoms with E-state index in [2.05, 4.69) is 29.4 Å². The third kappa shape index (κ3) is 3.75. The first-order chi connectivity index (χ1) is 17.2. The highest BCUT2D eigenvalue weighted by Crippen LogP contribution is 2.62. The average molecular weight is 499 g/mol. The number of piperidine rings is 1. The molecule has 0 saturated carbocycles. The zero-order chi connectivity index (χ0) is 25.8. The van der Waals surface area contributed by atoms with Crippen molar-refractivity contribution >= 4 is 17.8 Å². The van der Waals surface area contributed by atoms with E-state index in [9.17, 15) is 19.5 Å². The van der Waals surface area contributed by atoms with Gasteiger partial charge in [0.2, 0.25) is 5.91 Å². The minimum Gasteiger partial charge on any atom is -0.493 e. The molecule has 194 valence electrons. The number of rotatable bonds is 8. The van der Waals surface area contributed by atoms with Gasteiger partial charge in [0.05, 0.1) is 13.5 Å². The standard InChI is InChI=1S/C27H34N2O7/c1-14(2)23(26(32)33)28-20(30)9-10-21(31)35-19-8-6-16-17-13-15-5-7-18(34-4)24-22(15)27(16,25(19)36-24)11-12-29(17)3/h5-8,14,16-17,19,23,25H,9-13H2,1-4H3,(H,28,30)(H,32,33)/t16?,17-,19+,23?,25+,27+/m1/s1. The smallest absolute Gasteiger partial charge is 0.326 e. The summed E-state index contributed by atoms with van der Waals surface area (Å²) in [6.07, 6.45) is 4.68. The molecule has 0 aromatic heterocycles. The number of hydrogen-bond donors (Lipinski definition) is 2. The number of carbonyl (C=O) groups is 3. The van der Waals surface area contributed by atoms with Crippen LogP contribution >= 0.6 is 0 Å². The molecule has 4 aliphatic rings. The van der Waals surface area contributed by atoms with Crippen molar-refractivity contribution in [1.29, 1.82) is 0 Å². The number of likely N-dealkylation sites (N-methyl/N-ethyl adjacent to an activating group) is 1. The van der Waals surface area contributed by atoms with E-state index in [0.29, 0.717) is 11.8 Å². The molecule has 2 bridgehead atoms. The summed E-state index contributed by atoms with van der Waals surface area (Å²) >= 11 is 0. The Balaban J connectivity index is 1.34. The summed E-state index contributed by atoms with van der Waals surface area (Å²) in [7, 11) is 3.80. The van der Waals surface area contributed by atoms with Crippen LogP contribution in [0.3, 0.4) is 0 Å². The van der Waals surface area contributed by atoms with Gasteiger partial charge in [-0.3, -0.25) is 9.59 Å². The number of esters is 1. The summed E-state index contributed by atoms with van der Waals surface area (Å²) in [5.41, 5.74) is 2.16. The molecular weight excluding hydrogens is 464 g/mol. The van der Waals surface area contributed by atoms with E-state index in [0.717, 1.165) is 25.1 Å². The van der Waals surface area contributed by atoms with E-state index in [1.165, 1.54) is 11.1 Å². The van der Waals surface area contributed by atoms with E-state index < -0.39 is 30.0 Å². The minimum absolute atomic E-state index is 0.142. The van der Waals surface area contributed by atoms with Gasteiger partial charge >= 0.3 is 11.9 Å². The molecule has 2 aliphatic carbocycles. The molecule has 2 N–H and O–H groups in total. The van der Waals surface area contributed by atoms with Crippen LogP contribution in [0.4, 0.5) is 0 Å². The van der Waals surface area contributed by atoms with Crippen molar-refractivity contribution in [2.75, 3.05) is 20.7 Å². The summed E-state index contributed by atoms with van der Waals surface area (Å²) in [6.45, 7) is 4.36. The van der Waals surface area contributed by atoms with Crippen molar-refractivity contribution in [2.45, 2.75) is 69.2 Å². The van der Waals surface area contributed by atoms with E-state index in [1.54, 1.807) is 21.0 Å². The number of carbonyl (C=O) groups excluding carboxylic acids is 2. The zero-order valence-corrected chi connectivity index (χ0v) is 21.2. The highest BCUT2D eigenvalue weighted by molar-refractivity contribution is 5.86. The van der Waals surface area contributed by atoms with E-state index in [-0.39, 0.29) is 36.2 Å². The van der Waals surface area contributed by atoms with Crippen LogP contribution in [0, 0.1) is 11.8 Å². The highest BCUT2D eigenvalue weighted by atomic mass is 16.6. The third-order valence-electron chi connectivity index (χ3n) is 8.41. The van der Waals surface area contributed by atoms with Gasteiger partial charge in [-0.25, -0.2) is 4.79 Å². The Bertz CT molecular complexity index is 1120. The molecule has 2 aliphatic heterocycles. The lowest BCUT2D eigenvalue weighted by molar-refractivity contribution is -0.155. The summed E-state index contributed by atoms with van der Waals surface area (Å²) < 4.78 is 18.1. The number of carboxylic acids is 1. The van der Waals surface area contributed by atoms with Gasteiger partial charge in [-0.2, -0.15) is 0 Å². The van der Waals surface area contributed by atoms with Crippen molar-refractivity contribution in [3.63, 3.8) is 0 Å². The fourth-order valence-electron chi connectivity index (χ4n) is 6.66. The quantitative estimate of drug-likeness (QED) is 0.414. The van der Waals surface area contributed by atoms with Gasteiger partial charge in [-0.05, 0) is 50.1 Å². The summed E-state index contributed by atoms with van der Waals surface area (Å²) in [6, 6.07) is 3.43. The third-order valence-corrected chi connectivity index (χ3v) is 8.41. The molecule has 1 aromatic rings. The number of aliphatic carboxylic acids is 1. The summed E-state index contributed by atoms with van der Waals surface area (Å²) in [4.78, 5) is 38.8. The van der Waals surface area contributed by atoms with Gasteiger partial charge in [-0.15, -0.1) is 0 Å². The van der Waals surface area contributed by atoms with Crippen molar-refractivity contribution in [2.24, 2.45) is 11.8 Å². The Hall–Kier alpha value is -3.07. The Morgan fingerprint density at radius 2 is 2.03 bits per heavy atom. The lowest BCUT2D eigenvalue weighted by Crippen LogP contribution is -2.65. The number of likely N-dealkylation sites (tertiary alicyclic amines) is 1. The topological polar surface area (TPSA) is 114 Å². The number of methoxy groups -OCH3 is 1. The van der Waals surface area contributed by atoms with Gasteiger partial charge in [0, 0.05) is 29.4 Å². The second-order valence-electron chi connectivity index (χ2n) is 10.7. The largest absolute Gasteiger partial charge is 0.493 e. The summed E-state index contributed by atoms with van der Waals surface area (Å²) in [5.74, 6) is -0.687. The molecule has 9 nitrogen and oxygen atoms in total. The van der Waals surface area contributed by atoms with E-state index in [1.807, 2.05) is 12.1 Å². The Labute approximate surface area is 210 Å². The predicted molar refractivity (Wildman–Crippen MR) is 130 cm³/mol. The first kappa shape index (κ1) is 24.6. The number of carboxylic acid groups (broad SMARTS) is 1. The van der Waals surface area contributed by atoms with Crippen LogP contribution < -0.4 is 14.8 Å². The van der Waals surface area contributed by atoms with Crippen LogP contribution in [-0.2, 0) is 31.0 Å². The number of hydrogen-bond acceptors (Lipinski definition) is 7. The van der Waals surface area contributed by atoms with E-state index >= 15 is 0 Å². The molecule has 9 heteroatoms. The maximum absolute atomic E-state index is 12.8. The van der Waals surface area contributed by atoms with Crippen molar-refractivity contribution < 1.29 is 33.7 Å². The number of ether oxygens (including phenoxy) is 3. The molecule has 36 heavy (non-hydrogen) atoms.